The highest BCUT2D eigenvalue weighted by molar-refractivity contribution is 7.69. The van der Waals surface area contributed by atoms with Gasteiger partial charge in [0.1, 0.15) is 24.2 Å². The first kappa shape index (κ1) is 25.9. The van der Waals surface area contributed by atoms with Crippen molar-refractivity contribution in [2.24, 2.45) is 0 Å². The van der Waals surface area contributed by atoms with Crippen molar-refractivity contribution >= 4 is 41.0 Å². The summed E-state index contributed by atoms with van der Waals surface area (Å²) in [7, 11) is -2.78. The van der Waals surface area contributed by atoms with Crippen LogP contribution in [0, 0.1) is 18.6 Å². The second-order valence-corrected chi connectivity index (χ2v) is 11.8. The maximum Gasteiger partial charge on any atom is 0.412 e. The van der Waals surface area contributed by atoms with Gasteiger partial charge in [-0.15, -0.1) is 0 Å². The van der Waals surface area contributed by atoms with Crippen LogP contribution in [0.2, 0.25) is 5.02 Å². The van der Waals surface area contributed by atoms with Gasteiger partial charge in [0, 0.05) is 29.6 Å². The van der Waals surface area contributed by atoms with Crippen molar-refractivity contribution in [2.75, 3.05) is 18.6 Å². The Morgan fingerprint density at radius 1 is 1.03 bits per heavy atom. The molecule has 1 atom stereocenters. The van der Waals surface area contributed by atoms with Crippen LogP contribution in [0.25, 0.3) is 22.3 Å². The van der Waals surface area contributed by atoms with Gasteiger partial charge in [-0.3, -0.25) is 0 Å². The van der Waals surface area contributed by atoms with E-state index in [4.69, 9.17) is 11.6 Å². The molecule has 4 rings (SSSR count). The SMILES string of the molecule is Cc1nc2cc(F)c(-c3cnc(P(C)(C)=O)nc3)nc2c(NC(c2ccccc2F)C(F)(F)F)c1Cl. The summed E-state index contributed by atoms with van der Waals surface area (Å²) in [6.45, 7) is 4.37. The molecule has 0 amide bonds. The van der Waals surface area contributed by atoms with Gasteiger partial charge in [-0.2, -0.15) is 13.2 Å². The molecule has 0 aliphatic heterocycles. The number of hydrogen-bond acceptors (Lipinski definition) is 6. The van der Waals surface area contributed by atoms with Crippen LogP contribution in [0.5, 0.6) is 0 Å². The van der Waals surface area contributed by atoms with Crippen LogP contribution in [0.1, 0.15) is 17.3 Å². The van der Waals surface area contributed by atoms with Gasteiger partial charge >= 0.3 is 6.18 Å². The van der Waals surface area contributed by atoms with E-state index in [9.17, 15) is 26.5 Å². The van der Waals surface area contributed by atoms with Crippen molar-refractivity contribution in [3.8, 4) is 11.3 Å². The smallest absolute Gasteiger partial charge is 0.367 e. The van der Waals surface area contributed by atoms with Crippen LogP contribution in [0.4, 0.5) is 27.6 Å². The Labute approximate surface area is 207 Å². The number of halogens is 6. The standard InChI is InChI=1S/C23H18ClF5N5OP/c1-11-17(24)20(34-21(23(27,28)29)13-6-4-5-7-14(13)25)19-16(32-11)8-15(26)18(33-19)12-9-30-22(31-10-12)36(2,3)35/h4-10,21H,1-3H3,(H,32,34). The number of fused-ring (bicyclic) bond motifs is 1. The minimum Gasteiger partial charge on any atom is -0.367 e. The zero-order valence-electron chi connectivity index (χ0n) is 19.0. The first-order chi connectivity index (χ1) is 16.8. The lowest BCUT2D eigenvalue weighted by Crippen LogP contribution is -2.29. The van der Waals surface area contributed by atoms with Gasteiger partial charge in [0.15, 0.2) is 17.4 Å². The van der Waals surface area contributed by atoms with E-state index in [1.54, 1.807) is 0 Å². The Hall–Kier alpha value is -3.17. The van der Waals surface area contributed by atoms with E-state index >= 15 is 0 Å². The fraction of sp³-hybridized carbons (Fsp3) is 0.217. The molecule has 0 aliphatic carbocycles. The van der Waals surface area contributed by atoms with E-state index in [1.807, 2.05) is 0 Å². The van der Waals surface area contributed by atoms with Gasteiger partial charge in [0.2, 0.25) is 0 Å². The Balaban J connectivity index is 1.90. The number of aryl methyl sites for hydroxylation is 1. The van der Waals surface area contributed by atoms with E-state index in [-0.39, 0.29) is 44.3 Å². The van der Waals surface area contributed by atoms with Crippen molar-refractivity contribution in [1.82, 2.24) is 19.9 Å². The summed E-state index contributed by atoms with van der Waals surface area (Å²) in [6, 6.07) is 2.97. The Kier molecular flexibility index (Phi) is 6.74. The fourth-order valence-corrected chi connectivity index (χ4v) is 4.37. The van der Waals surface area contributed by atoms with Gasteiger partial charge in [-0.25, -0.2) is 28.7 Å². The highest BCUT2D eigenvalue weighted by Gasteiger charge is 2.43. The lowest BCUT2D eigenvalue weighted by Gasteiger charge is -2.25. The first-order valence-corrected chi connectivity index (χ1v) is 13.4. The molecule has 1 unspecified atom stereocenters. The topological polar surface area (TPSA) is 80.7 Å². The number of pyridine rings is 2. The Morgan fingerprint density at radius 3 is 2.25 bits per heavy atom. The average Bonchev–Trinajstić information content (AvgIpc) is 2.79. The van der Waals surface area contributed by atoms with Crippen LogP contribution in [0.15, 0.2) is 42.7 Å². The zero-order valence-corrected chi connectivity index (χ0v) is 20.7. The van der Waals surface area contributed by atoms with Gasteiger partial charge in [-0.05, 0) is 26.3 Å². The second kappa shape index (κ2) is 9.37. The molecule has 0 bridgehead atoms. The van der Waals surface area contributed by atoms with E-state index in [2.05, 4.69) is 25.3 Å². The van der Waals surface area contributed by atoms with Crippen LogP contribution in [0.3, 0.4) is 0 Å². The molecule has 3 heterocycles. The Bertz CT molecular complexity index is 1510. The molecule has 0 spiro atoms. The maximum atomic E-state index is 15.0. The lowest BCUT2D eigenvalue weighted by atomic mass is 10.0. The van der Waals surface area contributed by atoms with E-state index in [0.29, 0.717) is 0 Å². The molecule has 188 valence electrons. The molecule has 0 saturated carbocycles. The van der Waals surface area contributed by atoms with Crippen molar-refractivity contribution in [3.05, 3.63) is 70.6 Å². The summed E-state index contributed by atoms with van der Waals surface area (Å²) in [5, 5.41) is 2.07. The quantitative estimate of drug-likeness (QED) is 0.236. The van der Waals surface area contributed by atoms with E-state index in [0.717, 1.165) is 18.2 Å². The number of nitrogens with zero attached hydrogens (tertiary/aromatic N) is 4. The molecule has 0 radical (unpaired) electrons. The predicted octanol–water partition coefficient (Wildman–Crippen LogP) is 6.29. The molecule has 1 aromatic carbocycles. The first-order valence-electron chi connectivity index (χ1n) is 10.4. The number of hydrogen-bond donors (Lipinski definition) is 1. The molecule has 0 aliphatic rings. The predicted molar refractivity (Wildman–Crippen MR) is 128 cm³/mol. The third kappa shape index (κ3) is 5.03. The largest absolute Gasteiger partial charge is 0.412 e. The maximum absolute atomic E-state index is 15.0. The van der Waals surface area contributed by atoms with Gasteiger partial charge in [0.05, 0.1) is 21.9 Å². The van der Waals surface area contributed by atoms with Crippen LogP contribution < -0.4 is 10.9 Å². The van der Waals surface area contributed by atoms with Crippen LogP contribution >= 0.6 is 18.7 Å². The third-order valence-electron chi connectivity index (χ3n) is 5.24. The summed E-state index contributed by atoms with van der Waals surface area (Å²) in [5.41, 5.74) is -1.19. The number of rotatable bonds is 5. The van der Waals surface area contributed by atoms with Crippen LogP contribution in [-0.4, -0.2) is 39.4 Å². The molecular weight excluding hydrogens is 524 g/mol. The van der Waals surface area contributed by atoms with Crippen LogP contribution in [-0.2, 0) is 4.57 Å². The number of nitrogens with one attached hydrogen (secondary N) is 1. The Morgan fingerprint density at radius 2 is 1.67 bits per heavy atom. The summed E-state index contributed by atoms with van der Waals surface area (Å²) in [4.78, 5) is 16.3. The van der Waals surface area contributed by atoms with Gasteiger partial charge < -0.3 is 9.88 Å². The van der Waals surface area contributed by atoms with Crippen molar-refractivity contribution in [1.29, 1.82) is 0 Å². The average molecular weight is 542 g/mol. The third-order valence-corrected chi connectivity index (χ3v) is 6.90. The second-order valence-electron chi connectivity index (χ2n) is 8.34. The number of aromatic nitrogens is 4. The molecule has 13 heteroatoms. The highest BCUT2D eigenvalue weighted by Crippen LogP contribution is 2.41. The minimum absolute atomic E-state index is 0.0701. The number of anilines is 1. The molecule has 36 heavy (non-hydrogen) atoms. The molecule has 3 aromatic heterocycles. The zero-order chi connectivity index (χ0) is 26.4. The highest BCUT2D eigenvalue weighted by atomic mass is 35.5. The molecule has 4 aromatic rings. The lowest BCUT2D eigenvalue weighted by molar-refractivity contribution is -0.144. The van der Waals surface area contributed by atoms with E-state index in [1.165, 1.54) is 44.8 Å². The van der Waals surface area contributed by atoms with Crippen molar-refractivity contribution in [2.45, 2.75) is 19.1 Å². The summed E-state index contributed by atoms with van der Waals surface area (Å²) < 4.78 is 83.6. The van der Waals surface area contributed by atoms with Gasteiger partial charge in [-0.1, -0.05) is 29.8 Å². The van der Waals surface area contributed by atoms with Crippen molar-refractivity contribution < 1.29 is 26.5 Å². The minimum atomic E-state index is -4.92. The molecule has 1 N–H and O–H groups in total. The fourth-order valence-electron chi connectivity index (χ4n) is 3.51. The molecular formula is C23H18ClF5N5OP. The van der Waals surface area contributed by atoms with Gasteiger partial charge in [0.25, 0.3) is 0 Å². The van der Waals surface area contributed by atoms with E-state index < -0.39 is 36.6 Å². The molecule has 0 fully saturated rings. The normalized spacial score (nSPS) is 13.1. The monoisotopic (exact) mass is 541 g/mol. The summed E-state index contributed by atoms with van der Waals surface area (Å²) in [6.07, 6.45) is -2.49. The number of benzene rings is 1. The number of alkyl halides is 3. The summed E-state index contributed by atoms with van der Waals surface area (Å²) in [5.74, 6) is -1.91. The molecule has 0 saturated heterocycles. The van der Waals surface area contributed by atoms with Crippen molar-refractivity contribution in [3.63, 3.8) is 0 Å². The molecule has 6 nitrogen and oxygen atoms in total. The summed E-state index contributed by atoms with van der Waals surface area (Å²) >= 11 is 6.33.